The summed E-state index contributed by atoms with van der Waals surface area (Å²) in [6, 6.07) is 9.94. The highest BCUT2D eigenvalue weighted by Gasteiger charge is 2.40. The van der Waals surface area contributed by atoms with E-state index in [0.717, 1.165) is 18.5 Å². The van der Waals surface area contributed by atoms with Gasteiger partial charge < -0.3 is 9.80 Å². The largest absolute Gasteiger partial charge is 0.342 e. The lowest BCUT2D eigenvalue weighted by Crippen LogP contribution is -2.42. The van der Waals surface area contributed by atoms with Crippen LogP contribution in [0.3, 0.4) is 0 Å². The zero-order valence-corrected chi connectivity index (χ0v) is 12.5. The van der Waals surface area contributed by atoms with Crippen LogP contribution in [-0.2, 0) is 9.59 Å². The van der Waals surface area contributed by atoms with Crippen molar-refractivity contribution in [3.05, 3.63) is 30.3 Å². The van der Waals surface area contributed by atoms with Gasteiger partial charge in [-0.05, 0) is 31.4 Å². The van der Waals surface area contributed by atoms with E-state index < -0.39 is 5.92 Å². The van der Waals surface area contributed by atoms with Gasteiger partial charge in [-0.25, -0.2) is 0 Å². The molecule has 2 fully saturated rings. The highest BCUT2D eigenvalue weighted by atomic mass is 16.2. The van der Waals surface area contributed by atoms with Crippen LogP contribution < -0.4 is 4.90 Å². The number of nitrogens with zero attached hydrogens (tertiary/aromatic N) is 2. The van der Waals surface area contributed by atoms with E-state index >= 15 is 0 Å². The molecule has 1 aromatic rings. The molecule has 1 aliphatic carbocycles. The standard InChI is InChI=1S/C17H22N2O2/c1-18(13-7-5-6-8-13)16(20)15-11-12-19(17(15)21)14-9-3-2-4-10-14/h2-4,9-10,13,15H,5-8,11-12H2,1H3. The van der Waals surface area contributed by atoms with Gasteiger partial charge in [0.15, 0.2) is 0 Å². The monoisotopic (exact) mass is 286 g/mol. The van der Waals surface area contributed by atoms with Crippen LogP contribution in [0.15, 0.2) is 30.3 Å². The first kappa shape index (κ1) is 14.1. The van der Waals surface area contributed by atoms with Crippen LogP contribution in [0, 0.1) is 5.92 Å². The summed E-state index contributed by atoms with van der Waals surface area (Å²) in [4.78, 5) is 28.7. The van der Waals surface area contributed by atoms with E-state index in [1.54, 1.807) is 4.90 Å². The number of rotatable bonds is 3. The number of carbonyl (C=O) groups excluding carboxylic acids is 2. The number of benzene rings is 1. The minimum atomic E-state index is -0.490. The van der Waals surface area contributed by atoms with Crippen LogP contribution >= 0.6 is 0 Å². The summed E-state index contributed by atoms with van der Waals surface area (Å²) in [5.41, 5.74) is 0.890. The summed E-state index contributed by atoms with van der Waals surface area (Å²) in [6.07, 6.45) is 5.16. The van der Waals surface area contributed by atoms with Crippen LogP contribution in [0.2, 0.25) is 0 Å². The van der Waals surface area contributed by atoms with E-state index in [1.807, 2.05) is 42.3 Å². The van der Waals surface area contributed by atoms with E-state index in [0.29, 0.717) is 19.0 Å². The summed E-state index contributed by atoms with van der Waals surface area (Å²) in [5.74, 6) is -0.530. The van der Waals surface area contributed by atoms with Crippen molar-refractivity contribution in [2.24, 2.45) is 5.92 Å². The molecular formula is C17H22N2O2. The first-order valence-electron chi connectivity index (χ1n) is 7.81. The zero-order chi connectivity index (χ0) is 14.8. The van der Waals surface area contributed by atoms with Gasteiger partial charge in [0, 0.05) is 25.3 Å². The Morgan fingerprint density at radius 1 is 1.14 bits per heavy atom. The molecule has 112 valence electrons. The summed E-state index contributed by atoms with van der Waals surface area (Å²) in [7, 11) is 1.86. The second-order valence-corrected chi connectivity index (χ2v) is 6.05. The Bertz CT molecular complexity index is 523. The maximum absolute atomic E-state index is 12.6. The lowest BCUT2D eigenvalue weighted by molar-refractivity contribution is -0.140. The highest BCUT2D eigenvalue weighted by molar-refractivity contribution is 6.09. The number of carbonyl (C=O) groups is 2. The van der Waals surface area contributed by atoms with Gasteiger partial charge in [-0.2, -0.15) is 0 Å². The van der Waals surface area contributed by atoms with Crippen molar-refractivity contribution in [1.29, 1.82) is 0 Å². The highest BCUT2D eigenvalue weighted by Crippen LogP contribution is 2.29. The molecule has 0 radical (unpaired) electrons. The van der Waals surface area contributed by atoms with Gasteiger partial charge >= 0.3 is 0 Å². The van der Waals surface area contributed by atoms with Gasteiger partial charge in [0.25, 0.3) is 0 Å². The average Bonchev–Trinajstić information content (AvgIpc) is 3.16. The van der Waals surface area contributed by atoms with Crippen LogP contribution in [0.5, 0.6) is 0 Å². The zero-order valence-electron chi connectivity index (χ0n) is 12.5. The van der Waals surface area contributed by atoms with Crippen molar-refractivity contribution in [3.8, 4) is 0 Å². The lowest BCUT2D eigenvalue weighted by Gasteiger charge is -2.26. The lowest BCUT2D eigenvalue weighted by atomic mass is 10.1. The number of para-hydroxylation sites is 1. The molecule has 4 nitrogen and oxygen atoms in total. The Kier molecular flexibility index (Phi) is 3.95. The van der Waals surface area contributed by atoms with E-state index in [4.69, 9.17) is 0 Å². The van der Waals surface area contributed by atoms with E-state index in [-0.39, 0.29) is 11.8 Å². The van der Waals surface area contributed by atoms with Crippen LogP contribution in [0.1, 0.15) is 32.1 Å². The van der Waals surface area contributed by atoms with E-state index in [9.17, 15) is 9.59 Å². The fourth-order valence-corrected chi connectivity index (χ4v) is 3.49. The van der Waals surface area contributed by atoms with Gasteiger partial charge in [0.1, 0.15) is 5.92 Å². The molecule has 1 heterocycles. The Morgan fingerprint density at radius 3 is 2.48 bits per heavy atom. The molecule has 1 saturated carbocycles. The molecule has 0 bridgehead atoms. The normalized spacial score (nSPS) is 22.8. The minimum absolute atomic E-state index is 0.00494. The number of anilines is 1. The molecule has 3 rings (SSSR count). The van der Waals surface area contributed by atoms with Gasteiger partial charge in [-0.3, -0.25) is 9.59 Å². The van der Waals surface area contributed by atoms with Gasteiger partial charge in [0.2, 0.25) is 11.8 Å². The van der Waals surface area contributed by atoms with Crippen molar-refractivity contribution < 1.29 is 9.59 Å². The predicted molar refractivity (Wildman–Crippen MR) is 81.9 cm³/mol. The predicted octanol–water partition coefficient (Wildman–Crippen LogP) is 2.44. The Balaban J connectivity index is 1.70. The molecule has 0 spiro atoms. The third-order valence-electron chi connectivity index (χ3n) is 4.79. The quantitative estimate of drug-likeness (QED) is 0.801. The van der Waals surface area contributed by atoms with E-state index in [1.165, 1.54) is 12.8 Å². The molecule has 2 amide bonds. The average molecular weight is 286 g/mol. The third-order valence-corrected chi connectivity index (χ3v) is 4.79. The molecule has 2 aliphatic rings. The second-order valence-electron chi connectivity index (χ2n) is 6.05. The SMILES string of the molecule is CN(C(=O)C1CCN(c2ccccc2)C1=O)C1CCCC1. The van der Waals surface area contributed by atoms with Crippen LogP contribution in [0.25, 0.3) is 0 Å². The number of hydrogen-bond donors (Lipinski definition) is 0. The molecule has 21 heavy (non-hydrogen) atoms. The Hall–Kier alpha value is -1.84. The molecule has 1 saturated heterocycles. The van der Waals surface area contributed by atoms with Crippen molar-refractivity contribution in [2.45, 2.75) is 38.1 Å². The van der Waals surface area contributed by atoms with E-state index in [2.05, 4.69) is 0 Å². The number of hydrogen-bond acceptors (Lipinski definition) is 2. The smallest absolute Gasteiger partial charge is 0.239 e. The Morgan fingerprint density at radius 2 is 1.81 bits per heavy atom. The topological polar surface area (TPSA) is 40.6 Å². The van der Waals surface area contributed by atoms with Crippen molar-refractivity contribution in [3.63, 3.8) is 0 Å². The van der Waals surface area contributed by atoms with Crippen LogP contribution in [-0.4, -0.2) is 36.3 Å². The summed E-state index contributed by atoms with van der Waals surface area (Å²) in [5, 5.41) is 0. The van der Waals surface area contributed by atoms with Crippen molar-refractivity contribution in [2.75, 3.05) is 18.5 Å². The Labute approximate surface area is 125 Å². The third kappa shape index (κ3) is 2.67. The second kappa shape index (κ2) is 5.88. The number of amides is 2. The minimum Gasteiger partial charge on any atom is -0.342 e. The van der Waals surface area contributed by atoms with Crippen molar-refractivity contribution in [1.82, 2.24) is 4.90 Å². The molecule has 0 N–H and O–H groups in total. The molecule has 1 atom stereocenters. The molecule has 4 heteroatoms. The molecule has 1 unspecified atom stereocenters. The molecule has 0 aromatic heterocycles. The van der Waals surface area contributed by atoms with Crippen molar-refractivity contribution >= 4 is 17.5 Å². The summed E-state index contributed by atoms with van der Waals surface area (Å²) < 4.78 is 0. The fraction of sp³-hybridized carbons (Fsp3) is 0.529. The maximum Gasteiger partial charge on any atom is 0.239 e. The first-order chi connectivity index (χ1) is 10.2. The van der Waals surface area contributed by atoms with Gasteiger partial charge in [-0.15, -0.1) is 0 Å². The molecule has 1 aromatic carbocycles. The summed E-state index contributed by atoms with van der Waals surface area (Å²) in [6.45, 7) is 0.637. The fourth-order valence-electron chi connectivity index (χ4n) is 3.49. The maximum atomic E-state index is 12.6. The first-order valence-corrected chi connectivity index (χ1v) is 7.81. The van der Waals surface area contributed by atoms with Crippen LogP contribution in [0.4, 0.5) is 5.69 Å². The van der Waals surface area contributed by atoms with Gasteiger partial charge in [-0.1, -0.05) is 31.0 Å². The molecular weight excluding hydrogens is 264 g/mol. The van der Waals surface area contributed by atoms with Gasteiger partial charge in [0.05, 0.1) is 0 Å². The molecule has 1 aliphatic heterocycles. The summed E-state index contributed by atoms with van der Waals surface area (Å²) >= 11 is 0.